The maximum Gasteiger partial charge on any atom is 0.326 e. The molecule has 136 valence electrons. The summed E-state index contributed by atoms with van der Waals surface area (Å²) in [5.74, 6) is -0.961. The van der Waals surface area contributed by atoms with Crippen LogP contribution in [0, 0.1) is 19.8 Å². The zero-order chi connectivity index (χ0) is 18.8. The number of carboxylic acids is 1. The molecule has 0 saturated carbocycles. The number of hydrogen-bond donors (Lipinski definition) is 2. The Morgan fingerprint density at radius 3 is 2.36 bits per heavy atom. The lowest BCUT2D eigenvalue weighted by Crippen LogP contribution is -2.34. The third-order valence-corrected chi connectivity index (χ3v) is 5.45. The average Bonchev–Trinajstić information content (AvgIpc) is 2.79. The Morgan fingerprint density at radius 1 is 1.24 bits per heavy atom. The van der Waals surface area contributed by atoms with Crippen molar-refractivity contribution < 1.29 is 18.3 Å². The number of benzene rings is 1. The Balaban J connectivity index is 2.41. The van der Waals surface area contributed by atoms with Gasteiger partial charge in [0.2, 0.25) is 10.0 Å². The molecule has 0 aliphatic heterocycles. The van der Waals surface area contributed by atoms with Crippen molar-refractivity contribution in [3.05, 3.63) is 47.3 Å². The Hall–Kier alpha value is -2.19. The van der Waals surface area contributed by atoms with Gasteiger partial charge in [-0.1, -0.05) is 44.2 Å². The molecular formula is C17H23N3O4S. The summed E-state index contributed by atoms with van der Waals surface area (Å²) in [6.07, 6.45) is 0. The predicted molar refractivity (Wildman–Crippen MR) is 93.7 cm³/mol. The Morgan fingerprint density at radius 2 is 1.84 bits per heavy atom. The first-order chi connectivity index (χ1) is 11.6. The zero-order valence-electron chi connectivity index (χ0n) is 14.7. The molecule has 0 bridgehead atoms. The number of aromatic nitrogens is 2. The van der Waals surface area contributed by atoms with E-state index in [1.807, 2.05) is 13.8 Å². The Kier molecular flexibility index (Phi) is 5.64. The van der Waals surface area contributed by atoms with Crippen LogP contribution in [0.4, 0.5) is 0 Å². The lowest BCUT2D eigenvalue weighted by molar-refractivity contribution is -0.139. The van der Waals surface area contributed by atoms with Gasteiger partial charge >= 0.3 is 5.97 Å². The van der Waals surface area contributed by atoms with Gasteiger partial charge in [-0.2, -0.15) is 9.82 Å². The number of nitrogens with one attached hydrogen (secondary N) is 1. The highest BCUT2D eigenvalue weighted by molar-refractivity contribution is 7.89. The van der Waals surface area contributed by atoms with E-state index in [-0.39, 0.29) is 4.90 Å². The molecule has 2 aromatic rings. The van der Waals surface area contributed by atoms with Gasteiger partial charge in [0.25, 0.3) is 0 Å². The van der Waals surface area contributed by atoms with Gasteiger partial charge in [0, 0.05) is 6.54 Å². The summed E-state index contributed by atoms with van der Waals surface area (Å²) in [6, 6.07) is 6.85. The molecule has 0 fully saturated rings. The van der Waals surface area contributed by atoms with E-state index in [4.69, 9.17) is 0 Å². The summed E-state index contributed by atoms with van der Waals surface area (Å²) in [6.45, 7) is 7.90. The molecule has 0 spiro atoms. The number of carboxylic acid groups (broad SMARTS) is 1. The fraction of sp³-hybridized carbons (Fsp3) is 0.412. The lowest BCUT2D eigenvalue weighted by Gasteiger charge is -2.15. The highest BCUT2D eigenvalue weighted by Crippen LogP contribution is 2.23. The Bertz CT molecular complexity index is 858. The molecule has 1 atom stereocenters. The number of aliphatic carboxylic acids is 1. The number of rotatable bonds is 7. The third-order valence-electron chi connectivity index (χ3n) is 3.77. The van der Waals surface area contributed by atoms with E-state index in [0.717, 1.165) is 0 Å². The minimum absolute atomic E-state index is 0.0373. The van der Waals surface area contributed by atoms with Crippen LogP contribution >= 0.6 is 0 Å². The van der Waals surface area contributed by atoms with Crippen LogP contribution in [0.3, 0.4) is 0 Å². The normalized spacial score (nSPS) is 13.2. The van der Waals surface area contributed by atoms with E-state index in [1.165, 1.54) is 0 Å². The topological polar surface area (TPSA) is 101 Å². The maximum atomic E-state index is 12.8. The maximum absolute atomic E-state index is 12.8. The molecule has 25 heavy (non-hydrogen) atoms. The van der Waals surface area contributed by atoms with Gasteiger partial charge in [0.15, 0.2) is 0 Å². The third kappa shape index (κ3) is 4.26. The standard InChI is InChI=1S/C17H23N3O4S/c1-11(2)10-20-13(4)16(12(3)18-20)25(23,24)19-15(17(21)22)14-8-6-5-7-9-14/h5-9,11,15,19H,10H2,1-4H3,(H,21,22)/t15-/m1/s1. The fourth-order valence-corrected chi connectivity index (χ4v) is 4.30. The largest absolute Gasteiger partial charge is 0.480 e. The highest BCUT2D eigenvalue weighted by atomic mass is 32.2. The molecule has 0 saturated heterocycles. The summed E-state index contributed by atoms with van der Waals surface area (Å²) in [5.41, 5.74) is 1.21. The van der Waals surface area contributed by atoms with E-state index >= 15 is 0 Å². The van der Waals surface area contributed by atoms with Crippen LogP contribution in [-0.2, 0) is 21.4 Å². The molecule has 1 aromatic carbocycles. The van der Waals surface area contributed by atoms with Crippen molar-refractivity contribution in [2.45, 2.75) is 45.2 Å². The molecule has 1 heterocycles. The smallest absolute Gasteiger partial charge is 0.326 e. The molecule has 2 rings (SSSR count). The van der Waals surface area contributed by atoms with Crippen molar-refractivity contribution >= 4 is 16.0 Å². The van der Waals surface area contributed by atoms with Crippen molar-refractivity contribution in [1.29, 1.82) is 0 Å². The SMILES string of the molecule is Cc1nn(CC(C)C)c(C)c1S(=O)(=O)N[C@@H](C(=O)O)c1ccccc1. The van der Waals surface area contributed by atoms with E-state index in [1.54, 1.807) is 48.9 Å². The average molecular weight is 365 g/mol. The second-order valence-electron chi connectivity index (χ2n) is 6.38. The second kappa shape index (κ2) is 7.37. The highest BCUT2D eigenvalue weighted by Gasteiger charge is 2.31. The van der Waals surface area contributed by atoms with Gasteiger partial charge in [-0.3, -0.25) is 9.48 Å². The second-order valence-corrected chi connectivity index (χ2v) is 8.03. The van der Waals surface area contributed by atoms with Gasteiger partial charge in [-0.05, 0) is 25.3 Å². The monoisotopic (exact) mass is 365 g/mol. The Labute approximate surface area is 147 Å². The van der Waals surface area contributed by atoms with Crippen molar-refractivity contribution in [1.82, 2.24) is 14.5 Å². The molecule has 0 aliphatic carbocycles. The van der Waals surface area contributed by atoms with Crippen LogP contribution in [0.1, 0.15) is 36.8 Å². The number of aryl methyl sites for hydroxylation is 1. The molecule has 0 unspecified atom stereocenters. The molecular weight excluding hydrogens is 342 g/mol. The van der Waals surface area contributed by atoms with Crippen LogP contribution in [0.15, 0.2) is 35.2 Å². The van der Waals surface area contributed by atoms with Gasteiger partial charge in [-0.15, -0.1) is 0 Å². The molecule has 2 N–H and O–H groups in total. The minimum Gasteiger partial charge on any atom is -0.480 e. The molecule has 0 aliphatic rings. The molecule has 7 nitrogen and oxygen atoms in total. The number of sulfonamides is 1. The predicted octanol–water partition coefficient (Wildman–Crippen LogP) is 2.26. The summed E-state index contributed by atoms with van der Waals surface area (Å²) in [5, 5.41) is 13.7. The van der Waals surface area contributed by atoms with E-state index in [0.29, 0.717) is 29.4 Å². The van der Waals surface area contributed by atoms with Gasteiger partial charge in [0.05, 0.1) is 11.4 Å². The van der Waals surface area contributed by atoms with Crippen molar-refractivity contribution in [2.75, 3.05) is 0 Å². The fourth-order valence-electron chi connectivity index (χ4n) is 2.71. The van der Waals surface area contributed by atoms with E-state index in [2.05, 4.69) is 9.82 Å². The van der Waals surface area contributed by atoms with Gasteiger partial charge in [-0.25, -0.2) is 8.42 Å². The summed E-state index contributed by atoms with van der Waals surface area (Å²) in [4.78, 5) is 11.6. The molecule has 0 radical (unpaired) electrons. The van der Waals surface area contributed by atoms with Crippen LogP contribution in [-0.4, -0.2) is 29.3 Å². The van der Waals surface area contributed by atoms with Crippen molar-refractivity contribution in [3.63, 3.8) is 0 Å². The molecule has 0 amide bonds. The lowest BCUT2D eigenvalue weighted by atomic mass is 10.1. The van der Waals surface area contributed by atoms with Gasteiger partial charge < -0.3 is 5.11 Å². The van der Waals surface area contributed by atoms with Crippen LogP contribution in [0.5, 0.6) is 0 Å². The molecule has 8 heteroatoms. The first-order valence-electron chi connectivity index (χ1n) is 7.97. The summed E-state index contributed by atoms with van der Waals surface area (Å²) in [7, 11) is -4.04. The first kappa shape index (κ1) is 19.1. The number of nitrogens with zero attached hydrogens (tertiary/aromatic N) is 2. The quantitative estimate of drug-likeness (QED) is 0.784. The van der Waals surface area contributed by atoms with Crippen molar-refractivity contribution in [3.8, 4) is 0 Å². The van der Waals surface area contributed by atoms with Crippen molar-refractivity contribution in [2.24, 2.45) is 5.92 Å². The van der Waals surface area contributed by atoms with E-state index < -0.39 is 22.0 Å². The van der Waals surface area contributed by atoms with E-state index in [9.17, 15) is 18.3 Å². The first-order valence-corrected chi connectivity index (χ1v) is 9.46. The van der Waals surface area contributed by atoms with Crippen LogP contribution < -0.4 is 4.72 Å². The number of hydrogen-bond acceptors (Lipinski definition) is 4. The minimum atomic E-state index is -4.04. The van der Waals surface area contributed by atoms with Crippen LogP contribution in [0.25, 0.3) is 0 Å². The summed E-state index contributed by atoms with van der Waals surface area (Å²) >= 11 is 0. The molecule has 1 aromatic heterocycles. The van der Waals surface area contributed by atoms with Crippen LogP contribution in [0.2, 0.25) is 0 Å². The number of carbonyl (C=O) groups is 1. The summed E-state index contributed by atoms with van der Waals surface area (Å²) < 4.78 is 29.6. The van der Waals surface area contributed by atoms with Gasteiger partial charge in [0.1, 0.15) is 10.9 Å². The zero-order valence-corrected chi connectivity index (χ0v) is 15.5.